The molecule has 2 atom stereocenters. The van der Waals surface area contributed by atoms with E-state index in [2.05, 4.69) is 17.6 Å². The molecule has 0 bridgehead atoms. The smallest absolute Gasteiger partial charge is 0.269 e. The maximum atomic E-state index is 10.7. The molecule has 0 aliphatic carbocycles. The zero-order valence-electron chi connectivity index (χ0n) is 10.8. The average molecular weight is 249 g/mol. The fraction of sp³-hybridized carbons (Fsp3) is 0.538. The lowest BCUT2D eigenvalue weighted by molar-refractivity contribution is -0.384. The van der Waals surface area contributed by atoms with E-state index in [4.69, 9.17) is 0 Å². The molecule has 0 spiro atoms. The van der Waals surface area contributed by atoms with Crippen molar-refractivity contribution in [2.75, 3.05) is 11.9 Å². The first-order valence-corrected chi connectivity index (χ1v) is 6.33. The van der Waals surface area contributed by atoms with Crippen LogP contribution in [-0.4, -0.2) is 23.6 Å². The van der Waals surface area contributed by atoms with Crippen molar-refractivity contribution in [2.45, 2.75) is 38.8 Å². The monoisotopic (exact) mass is 249 g/mol. The summed E-state index contributed by atoms with van der Waals surface area (Å²) in [5.41, 5.74) is 2.05. The van der Waals surface area contributed by atoms with Crippen LogP contribution in [0.5, 0.6) is 0 Å². The van der Waals surface area contributed by atoms with Crippen LogP contribution in [0.2, 0.25) is 0 Å². The Bertz CT molecular complexity index is 448. The number of nitrogens with zero attached hydrogens (tertiary/aromatic N) is 1. The number of hydrogen-bond acceptors (Lipinski definition) is 4. The molecule has 5 heteroatoms. The van der Waals surface area contributed by atoms with Gasteiger partial charge >= 0.3 is 0 Å². The number of nitro benzene ring substituents is 1. The summed E-state index contributed by atoms with van der Waals surface area (Å²) >= 11 is 0. The van der Waals surface area contributed by atoms with Gasteiger partial charge in [-0.15, -0.1) is 0 Å². The standard InChI is InChI=1S/C13H19N3O2/c1-9-8-11(16(17)18)5-6-12(9)15-13-4-3-7-14-10(13)2/h5-6,8,10,13-15H,3-4,7H2,1-2H3. The first-order chi connectivity index (χ1) is 8.58. The second-order valence-corrected chi connectivity index (χ2v) is 4.89. The summed E-state index contributed by atoms with van der Waals surface area (Å²) in [4.78, 5) is 10.3. The number of benzene rings is 1. The summed E-state index contributed by atoms with van der Waals surface area (Å²) in [6, 6.07) is 5.78. The molecule has 0 saturated carbocycles. The van der Waals surface area contributed by atoms with Crippen molar-refractivity contribution >= 4 is 11.4 Å². The topological polar surface area (TPSA) is 67.2 Å². The van der Waals surface area contributed by atoms with Gasteiger partial charge in [-0.3, -0.25) is 10.1 Å². The van der Waals surface area contributed by atoms with E-state index in [1.54, 1.807) is 18.2 Å². The van der Waals surface area contributed by atoms with Gasteiger partial charge in [0.25, 0.3) is 5.69 Å². The Morgan fingerprint density at radius 3 is 2.89 bits per heavy atom. The Morgan fingerprint density at radius 1 is 1.50 bits per heavy atom. The predicted molar refractivity (Wildman–Crippen MR) is 71.9 cm³/mol. The highest BCUT2D eigenvalue weighted by Crippen LogP contribution is 2.23. The van der Waals surface area contributed by atoms with E-state index in [1.807, 2.05) is 6.92 Å². The molecule has 2 rings (SSSR count). The van der Waals surface area contributed by atoms with Crippen LogP contribution in [0.4, 0.5) is 11.4 Å². The van der Waals surface area contributed by atoms with E-state index < -0.39 is 0 Å². The van der Waals surface area contributed by atoms with E-state index in [-0.39, 0.29) is 10.6 Å². The number of non-ortho nitro benzene ring substituents is 1. The highest BCUT2D eigenvalue weighted by Gasteiger charge is 2.21. The van der Waals surface area contributed by atoms with Gasteiger partial charge in [0.05, 0.1) is 4.92 Å². The third-order valence-corrected chi connectivity index (χ3v) is 3.52. The summed E-state index contributed by atoms with van der Waals surface area (Å²) in [6.07, 6.45) is 2.29. The van der Waals surface area contributed by atoms with Crippen LogP contribution in [0.25, 0.3) is 0 Å². The fourth-order valence-electron chi connectivity index (χ4n) is 2.36. The first-order valence-electron chi connectivity index (χ1n) is 6.33. The van der Waals surface area contributed by atoms with Gasteiger partial charge in [-0.25, -0.2) is 0 Å². The Morgan fingerprint density at radius 2 is 2.28 bits per heavy atom. The van der Waals surface area contributed by atoms with Crippen LogP contribution in [-0.2, 0) is 0 Å². The molecule has 1 aromatic carbocycles. The van der Waals surface area contributed by atoms with Crippen molar-refractivity contribution in [1.82, 2.24) is 5.32 Å². The molecular formula is C13H19N3O2. The second kappa shape index (κ2) is 5.35. The lowest BCUT2D eigenvalue weighted by atomic mass is 9.99. The van der Waals surface area contributed by atoms with Crippen LogP contribution < -0.4 is 10.6 Å². The van der Waals surface area contributed by atoms with E-state index >= 15 is 0 Å². The third kappa shape index (κ3) is 2.79. The van der Waals surface area contributed by atoms with Crippen molar-refractivity contribution in [1.29, 1.82) is 0 Å². The Labute approximate surface area is 107 Å². The molecule has 98 valence electrons. The molecule has 1 aliphatic rings. The van der Waals surface area contributed by atoms with Crippen LogP contribution in [0.15, 0.2) is 18.2 Å². The van der Waals surface area contributed by atoms with Gasteiger partial charge in [0.1, 0.15) is 0 Å². The average Bonchev–Trinajstić information content (AvgIpc) is 2.34. The molecule has 1 saturated heterocycles. The maximum absolute atomic E-state index is 10.7. The summed E-state index contributed by atoms with van der Waals surface area (Å²) in [5.74, 6) is 0. The zero-order chi connectivity index (χ0) is 13.1. The largest absolute Gasteiger partial charge is 0.381 e. The summed E-state index contributed by atoms with van der Waals surface area (Å²) in [5, 5.41) is 17.6. The van der Waals surface area contributed by atoms with Gasteiger partial charge in [0, 0.05) is 29.9 Å². The third-order valence-electron chi connectivity index (χ3n) is 3.52. The highest BCUT2D eigenvalue weighted by atomic mass is 16.6. The molecule has 2 unspecified atom stereocenters. The molecule has 1 fully saturated rings. The number of piperidine rings is 1. The predicted octanol–water partition coefficient (Wildman–Crippen LogP) is 2.46. The van der Waals surface area contributed by atoms with Crippen LogP contribution >= 0.6 is 0 Å². The first kappa shape index (κ1) is 12.8. The quantitative estimate of drug-likeness (QED) is 0.638. The molecule has 1 aliphatic heterocycles. The summed E-state index contributed by atoms with van der Waals surface area (Å²) in [6.45, 7) is 5.13. The number of anilines is 1. The minimum Gasteiger partial charge on any atom is -0.381 e. The van der Waals surface area contributed by atoms with Crippen molar-refractivity contribution in [3.63, 3.8) is 0 Å². The SMILES string of the molecule is Cc1cc([N+](=O)[O-])ccc1NC1CCCNC1C. The van der Waals surface area contributed by atoms with Crippen molar-refractivity contribution in [2.24, 2.45) is 0 Å². The Balaban J connectivity index is 2.11. The fourth-order valence-corrected chi connectivity index (χ4v) is 2.36. The number of nitro groups is 1. The number of nitrogens with one attached hydrogen (secondary N) is 2. The molecule has 1 heterocycles. The Hall–Kier alpha value is -1.62. The summed E-state index contributed by atoms with van der Waals surface area (Å²) in [7, 11) is 0. The van der Waals surface area contributed by atoms with E-state index in [0.29, 0.717) is 12.1 Å². The normalized spacial score (nSPS) is 23.7. The second-order valence-electron chi connectivity index (χ2n) is 4.89. The molecule has 1 aromatic rings. The molecule has 0 radical (unpaired) electrons. The molecule has 18 heavy (non-hydrogen) atoms. The van der Waals surface area contributed by atoms with Crippen molar-refractivity contribution in [3.05, 3.63) is 33.9 Å². The van der Waals surface area contributed by atoms with Crippen LogP contribution in [0.3, 0.4) is 0 Å². The van der Waals surface area contributed by atoms with Crippen molar-refractivity contribution in [3.8, 4) is 0 Å². The number of aryl methyl sites for hydroxylation is 1. The number of rotatable bonds is 3. The lowest BCUT2D eigenvalue weighted by Gasteiger charge is -2.31. The maximum Gasteiger partial charge on any atom is 0.269 e. The van der Waals surface area contributed by atoms with Gasteiger partial charge in [-0.2, -0.15) is 0 Å². The van der Waals surface area contributed by atoms with Gasteiger partial charge < -0.3 is 10.6 Å². The van der Waals surface area contributed by atoms with Gasteiger partial charge in [0.15, 0.2) is 0 Å². The molecule has 0 aromatic heterocycles. The van der Waals surface area contributed by atoms with Gasteiger partial charge in [-0.05, 0) is 44.9 Å². The zero-order valence-corrected chi connectivity index (χ0v) is 10.8. The molecule has 2 N–H and O–H groups in total. The molecule has 0 amide bonds. The van der Waals surface area contributed by atoms with Crippen molar-refractivity contribution < 1.29 is 4.92 Å². The summed E-state index contributed by atoms with van der Waals surface area (Å²) < 4.78 is 0. The lowest BCUT2D eigenvalue weighted by Crippen LogP contribution is -2.46. The number of hydrogen-bond donors (Lipinski definition) is 2. The molecular weight excluding hydrogens is 230 g/mol. The van der Waals surface area contributed by atoms with Gasteiger partial charge in [0.2, 0.25) is 0 Å². The Kier molecular flexibility index (Phi) is 3.81. The highest BCUT2D eigenvalue weighted by molar-refractivity contribution is 5.56. The minimum absolute atomic E-state index is 0.146. The van der Waals surface area contributed by atoms with E-state index in [0.717, 1.165) is 30.6 Å². The van der Waals surface area contributed by atoms with Crippen LogP contribution in [0.1, 0.15) is 25.3 Å². The van der Waals surface area contributed by atoms with Gasteiger partial charge in [-0.1, -0.05) is 0 Å². The minimum atomic E-state index is -0.360. The molecule has 5 nitrogen and oxygen atoms in total. The van der Waals surface area contributed by atoms with E-state index in [1.165, 1.54) is 0 Å². The van der Waals surface area contributed by atoms with Crippen LogP contribution in [0, 0.1) is 17.0 Å². The van der Waals surface area contributed by atoms with E-state index in [9.17, 15) is 10.1 Å².